The van der Waals surface area contributed by atoms with Gasteiger partial charge in [0.05, 0.1) is 13.7 Å². The van der Waals surface area contributed by atoms with E-state index in [2.05, 4.69) is 20.8 Å². The van der Waals surface area contributed by atoms with Crippen molar-refractivity contribution in [3.8, 4) is 0 Å². The minimum atomic E-state index is -0.563. The second-order valence-electron chi connectivity index (χ2n) is 5.39. The summed E-state index contributed by atoms with van der Waals surface area (Å²) in [7, 11) is 1.47. The number of aromatic nitrogens is 3. The largest absolute Gasteiger partial charge is 0.480 e. The van der Waals surface area contributed by atoms with Crippen molar-refractivity contribution < 1.29 is 9.53 Å². The molecule has 8 heteroatoms. The lowest BCUT2D eigenvalue weighted by Crippen LogP contribution is -2.22. The summed E-state index contributed by atoms with van der Waals surface area (Å²) in [6.45, 7) is 0.420. The van der Waals surface area contributed by atoms with Crippen molar-refractivity contribution in [3.05, 3.63) is 77.5 Å². The van der Waals surface area contributed by atoms with Crippen LogP contribution in [0.25, 0.3) is 0 Å². The Morgan fingerprint density at radius 1 is 1.15 bits per heavy atom. The summed E-state index contributed by atoms with van der Waals surface area (Å²) in [6, 6.07) is 18.8. The van der Waals surface area contributed by atoms with E-state index in [1.165, 1.54) is 11.8 Å². The van der Waals surface area contributed by atoms with E-state index in [-0.39, 0.29) is 17.4 Å². The molecular formula is C18H18N6O2. The third-order valence-electron chi connectivity index (χ3n) is 3.64. The molecule has 3 N–H and O–H groups in total. The van der Waals surface area contributed by atoms with E-state index in [0.29, 0.717) is 6.54 Å². The summed E-state index contributed by atoms with van der Waals surface area (Å²) < 4.78 is 6.66. The van der Waals surface area contributed by atoms with Crippen molar-refractivity contribution in [2.45, 2.75) is 6.54 Å². The minimum Gasteiger partial charge on any atom is -0.480 e. The van der Waals surface area contributed by atoms with Crippen LogP contribution >= 0.6 is 0 Å². The quantitative estimate of drug-likeness (QED) is 0.413. The molecule has 0 unspecified atom stereocenters. The third kappa shape index (κ3) is 3.86. The average Bonchev–Trinajstić information content (AvgIpc) is 3.04. The molecule has 1 aromatic heterocycles. The maximum atomic E-state index is 12.3. The van der Waals surface area contributed by atoms with Gasteiger partial charge in [0.2, 0.25) is 5.90 Å². The lowest BCUT2D eigenvalue weighted by atomic mass is 10.2. The SMILES string of the molecule is CO/C(=N\NC(=O)c1nnn(Cc2ccccc2)c1N)c1ccccc1. The fourth-order valence-corrected chi connectivity index (χ4v) is 2.32. The Morgan fingerprint density at radius 3 is 2.46 bits per heavy atom. The highest BCUT2D eigenvalue weighted by Gasteiger charge is 2.17. The minimum absolute atomic E-state index is 0.00759. The van der Waals surface area contributed by atoms with Crippen LogP contribution in [0.1, 0.15) is 21.6 Å². The number of anilines is 1. The van der Waals surface area contributed by atoms with Gasteiger partial charge in [-0.1, -0.05) is 53.7 Å². The van der Waals surface area contributed by atoms with Gasteiger partial charge >= 0.3 is 0 Å². The molecule has 0 saturated carbocycles. The van der Waals surface area contributed by atoms with Crippen LogP contribution in [-0.4, -0.2) is 33.9 Å². The van der Waals surface area contributed by atoms with Crippen molar-refractivity contribution in [1.82, 2.24) is 20.4 Å². The van der Waals surface area contributed by atoms with Gasteiger partial charge in [-0.3, -0.25) is 4.79 Å². The molecule has 3 rings (SSSR count). The zero-order chi connectivity index (χ0) is 18.4. The number of hydrogen-bond acceptors (Lipinski definition) is 6. The van der Waals surface area contributed by atoms with E-state index in [1.54, 1.807) is 0 Å². The molecule has 26 heavy (non-hydrogen) atoms. The van der Waals surface area contributed by atoms with Crippen molar-refractivity contribution in [2.24, 2.45) is 5.10 Å². The molecule has 0 spiro atoms. The van der Waals surface area contributed by atoms with Gasteiger partial charge in [0.15, 0.2) is 11.5 Å². The summed E-state index contributed by atoms with van der Waals surface area (Å²) in [4.78, 5) is 12.3. The topological polar surface area (TPSA) is 107 Å². The van der Waals surface area contributed by atoms with Crippen molar-refractivity contribution >= 4 is 17.6 Å². The molecule has 0 bridgehead atoms. The predicted molar refractivity (Wildman–Crippen MR) is 97.4 cm³/mol. The number of nitrogens with two attached hydrogens (primary N) is 1. The fraction of sp³-hybridized carbons (Fsp3) is 0.111. The van der Waals surface area contributed by atoms with Gasteiger partial charge in [-0.05, 0) is 17.7 Å². The molecular weight excluding hydrogens is 332 g/mol. The number of benzene rings is 2. The molecule has 132 valence electrons. The lowest BCUT2D eigenvalue weighted by Gasteiger charge is -2.05. The highest BCUT2D eigenvalue weighted by Crippen LogP contribution is 2.11. The first-order valence-electron chi connectivity index (χ1n) is 7.89. The highest BCUT2D eigenvalue weighted by molar-refractivity contribution is 5.99. The number of nitrogens with zero attached hydrogens (tertiary/aromatic N) is 4. The summed E-state index contributed by atoms with van der Waals surface area (Å²) in [5.74, 6) is -0.123. The van der Waals surface area contributed by atoms with Crippen LogP contribution in [-0.2, 0) is 11.3 Å². The van der Waals surface area contributed by atoms with Crippen LogP contribution in [0, 0.1) is 0 Å². The van der Waals surface area contributed by atoms with E-state index in [9.17, 15) is 4.79 Å². The van der Waals surface area contributed by atoms with Crippen molar-refractivity contribution in [3.63, 3.8) is 0 Å². The maximum Gasteiger partial charge on any atom is 0.295 e. The highest BCUT2D eigenvalue weighted by atomic mass is 16.5. The number of ether oxygens (including phenoxy) is 1. The van der Waals surface area contributed by atoms with Crippen LogP contribution in [0.15, 0.2) is 65.8 Å². The Kier molecular flexibility index (Phi) is 5.23. The summed E-state index contributed by atoms with van der Waals surface area (Å²) in [5.41, 5.74) is 10.1. The van der Waals surface area contributed by atoms with E-state index in [0.717, 1.165) is 11.1 Å². The molecule has 0 aliphatic carbocycles. The third-order valence-corrected chi connectivity index (χ3v) is 3.64. The first kappa shape index (κ1) is 17.2. The second-order valence-corrected chi connectivity index (χ2v) is 5.39. The van der Waals surface area contributed by atoms with Gasteiger partial charge in [-0.25, -0.2) is 10.1 Å². The Morgan fingerprint density at radius 2 is 1.81 bits per heavy atom. The molecule has 0 aliphatic rings. The van der Waals surface area contributed by atoms with Gasteiger partial charge in [0, 0.05) is 5.56 Å². The monoisotopic (exact) mass is 350 g/mol. The normalized spacial score (nSPS) is 11.2. The molecule has 2 aromatic carbocycles. The zero-order valence-electron chi connectivity index (χ0n) is 14.2. The second kappa shape index (κ2) is 7.93. The number of hydrogen-bond donors (Lipinski definition) is 2. The van der Waals surface area contributed by atoms with Gasteiger partial charge in [0.1, 0.15) is 0 Å². The smallest absolute Gasteiger partial charge is 0.295 e. The Hall–Kier alpha value is -3.68. The first-order chi connectivity index (χ1) is 12.7. The molecule has 3 aromatic rings. The molecule has 0 fully saturated rings. The molecule has 1 amide bonds. The molecule has 1 heterocycles. The number of methoxy groups -OCH3 is 1. The number of nitrogen functional groups attached to an aromatic ring is 1. The van der Waals surface area contributed by atoms with E-state index < -0.39 is 5.91 Å². The zero-order valence-corrected chi connectivity index (χ0v) is 14.2. The van der Waals surface area contributed by atoms with Crippen molar-refractivity contribution in [1.29, 1.82) is 0 Å². The molecule has 8 nitrogen and oxygen atoms in total. The van der Waals surface area contributed by atoms with E-state index in [4.69, 9.17) is 10.5 Å². The average molecular weight is 350 g/mol. The number of carbonyl (C=O) groups is 1. The summed E-state index contributed by atoms with van der Waals surface area (Å²) in [5, 5.41) is 11.8. The fourth-order valence-electron chi connectivity index (χ4n) is 2.32. The van der Waals surface area contributed by atoms with Crippen LogP contribution in [0.4, 0.5) is 5.82 Å². The molecule has 0 saturated heterocycles. The lowest BCUT2D eigenvalue weighted by molar-refractivity contribution is 0.0949. The van der Waals surface area contributed by atoms with Crippen molar-refractivity contribution in [2.75, 3.05) is 12.8 Å². The molecule has 0 aliphatic heterocycles. The van der Waals surface area contributed by atoms with Gasteiger partial charge in [-0.15, -0.1) is 10.2 Å². The Bertz CT molecular complexity index is 906. The summed E-state index contributed by atoms with van der Waals surface area (Å²) in [6.07, 6.45) is 0. The number of amides is 1. The van der Waals surface area contributed by atoms with Crippen LogP contribution in [0.2, 0.25) is 0 Å². The predicted octanol–water partition coefficient (Wildman–Crippen LogP) is 1.65. The standard InChI is InChI=1S/C18H18N6O2/c1-26-18(14-10-6-3-7-11-14)22-21-17(25)15-16(19)24(23-20-15)12-13-8-4-2-5-9-13/h2-11H,12,19H2,1H3,(H,21,25)/b22-18-. The first-order valence-corrected chi connectivity index (χ1v) is 7.89. The summed E-state index contributed by atoms with van der Waals surface area (Å²) >= 11 is 0. The Labute approximate surface area is 150 Å². The van der Waals surface area contributed by atoms with Crippen LogP contribution in [0.5, 0.6) is 0 Å². The van der Waals surface area contributed by atoms with E-state index >= 15 is 0 Å². The van der Waals surface area contributed by atoms with Crippen LogP contribution < -0.4 is 11.2 Å². The van der Waals surface area contributed by atoms with Gasteiger partial charge < -0.3 is 10.5 Å². The molecule has 0 radical (unpaired) electrons. The van der Waals surface area contributed by atoms with Gasteiger partial charge in [0.25, 0.3) is 5.91 Å². The Balaban J connectivity index is 1.73. The van der Waals surface area contributed by atoms with E-state index in [1.807, 2.05) is 60.7 Å². The number of hydrazone groups is 1. The van der Waals surface area contributed by atoms with Crippen LogP contribution in [0.3, 0.4) is 0 Å². The number of rotatable bonds is 5. The molecule has 0 atom stereocenters. The maximum absolute atomic E-state index is 12.3. The van der Waals surface area contributed by atoms with Gasteiger partial charge in [-0.2, -0.15) is 0 Å². The number of carbonyl (C=O) groups excluding carboxylic acids is 1. The number of nitrogens with one attached hydrogen (secondary N) is 1.